The molecule has 0 unspecified atom stereocenters. The predicted molar refractivity (Wildman–Crippen MR) is 96.7 cm³/mol. The molecular weight excluding hydrogens is 314 g/mol. The quantitative estimate of drug-likeness (QED) is 0.644. The highest BCUT2D eigenvalue weighted by molar-refractivity contribution is 5.92. The number of carbonyl (C=O) groups excluding carboxylic acids is 1. The SMILES string of the molecule is O=C(NCCCOc1ccccc1)c1cccn1Cc1ccncc1. The molecule has 2 aromatic heterocycles. The maximum atomic E-state index is 12.4. The fourth-order valence-electron chi connectivity index (χ4n) is 2.51. The molecule has 1 amide bonds. The van der Waals surface area contributed by atoms with Crippen molar-refractivity contribution >= 4 is 5.91 Å². The van der Waals surface area contributed by atoms with E-state index in [0.717, 1.165) is 17.7 Å². The van der Waals surface area contributed by atoms with E-state index in [2.05, 4.69) is 10.3 Å². The van der Waals surface area contributed by atoms with Crippen molar-refractivity contribution in [3.8, 4) is 5.75 Å². The molecule has 0 aliphatic heterocycles. The minimum Gasteiger partial charge on any atom is -0.494 e. The summed E-state index contributed by atoms with van der Waals surface area (Å²) >= 11 is 0. The van der Waals surface area contributed by atoms with Gasteiger partial charge in [-0.3, -0.25) is 9.78 Å². The summed E-state index contributed by atoms with van der Waals surface area (Å²) in [4.78, 5) is 16.4. The Morgan fingerprint density at radius 3 is 2.64 bits per heavy atom. The standard InChI is InChI=1S/C20H21N3O2/c24-20(22-11-5-15-25-18-6-2-1-3-7-18)19-8-4-14-23(19)16-17-9-12-21-13-10-17/h1-4,6-10,12-14H,5,11,15-16H2,(H,22,24). The molecule has 25 heavy (non-hydrogen) atoms. The van der Waals surface area contributed by atoms with E-state index < -0.39 is 0 Å². The number of amides is 1. The second-order valence-electron chi connectivity index (χ2n) is 5.65. The molecule has 0 spiro atoms. The molecule has 1 aromatic carbocycles. The molecule has 0 fully saturated rings. The molecule has 1 N–H and O–H groups in total. The van der Waals surface area contributed by atoms with E-state index in [-0.39, 0.29) is 5.91 Å². The Morgan fingerprint density at radius 2 is 1.84 bits per heavy atom. The lowest BCUT2D eigenvalue weighted by molar-refractivity contribution is 0.0943. The summed E-state index contributed by atoms with van der Waals surface area (Å²) in [6.07, 6.45) is 6.18. The summed E-state index contributed by atoms with van der Waals surface area (Å²) < 4.78 is 7.55. The van der Waals surface area contributed by atoms with Crippen molar-refractivity contribution in [3.63, 3.8) is 0 Å². The van der Waals surface area contributed by atoms with Crippen LogP contribution >= 0.6 is 0 Å². The number of hydrogen-bond donors (Lipinski definition) is 1. The van der Waals surface area contributed by atoms with Crippen LogP contribution in [0.15, 0.2) is 73.2 Å². The van der Waals surface area contributed by atoms with E-state index in [1.54, 1.807) is 12.4 Å². The summed E-state index contributed by atoms with van der Waals surface area (Å²) in [5.41, 5.74) is 1.76. The van der Waals surface area contributed by atoms with Gasteiger partial charge in [0, 0.05) is 31.7 Å². The Hall–Kier alpha value is -3.08. The Balaban J connectivity index is 1.45. The second kappa shape index (κ2) is 8.68. The fraction of sp³-hybridized carbons (Fsp3) is 0.200. The van der Waals surface area contributed by atoms with Crippen LogP contribution in [-0.2, 0) is 6.54 Å². The van der Waals surface area contributed by atoms with Gasteiger partial charge in [-0.25, -0.2) is 0 Å². The summed E-state index contributed by atoms with van der Waals surface area (Å²) in [5.74, 6) is 0.777. The van der Waals surface area contributed by atoms with Gasteiger partial charge < -0.3 is 14.6 Å². The van der Waals surface area contributed by atoms with Gasteiger partial charge in [-0.1, -0.05) is 18.2 Å². The lowest BCUT2D eigenvalue weighted by Crippen LogP contribution is -2.27. The zero-order valence-electron chi connectivity index (χ0n) is 14.0. The van der Waals surface area contributed by atoms with Gasteiger partial charge in [0.05, 0.1) is 6.61 Å². The first-order valence-electron chi connectivity index (χ1n) is 8.33. The Kier molecular flexibility index (Phi) is 5.82. The number of pyridine rings is 1. The van der Waals surface area contributed by atoms with Crippen LogP contribution in [0.5, 0.6) is 5.75 Å². The molecule has 0 saturated carbocycles. The summed E-state index contributed by atoms with van der Waals surface area (Å²) in [6, 6.07) is 17.3. The molecule has 128 valence electrons. The van der Waals surface area contributed by atoms with Crippen molar-refractivity contribution in [2.45, 2.75) is 13.0 Å². The second-order valence-corrected chi connectivity index (χ2v) is 5.65. The van der Waals surface area contributed by atoms with Crippen LogP contribution in [0.2, 0.25) is 0 Å². The van der Waals surface area contributed by atoms with E-state index in [0.29, 0.717) is 25.4 Å². The number of benzene rings is 1. The van der Waals surface area contributed by atoms with Gasteiger partial charge in [-0.05, 0) is 48.4 Å². The normalized spacial score (nSPS) is 10.4. The number of nitrogens with zero attached hydrogens (tertiary/aromatic N) is 2. The highest BCUT2D eigenvalue weighted by Gasteiger charge is 2.10. The van der Waals surface area contributed by atoms with Crippen LogP contribution in [0.25, 0.3) is 0 Å². The Morgan fingerprint density at radius 1 is 1.04 bits per heavy atom. The number of rotatable bonds is 8. The molecule has 5 heteroatoms. The van der Waals surface area contributed by atoms with Crippen LogP contribution in [0.1, 0.15) is 22.5 Å². The highest BCUT2D eigenvalue weighted by atomic mass is 16.5. The van der Waals surface area contributed by atoms with Gasteiger partial charge in [0.15, 0.2) is 0 Å². The maximum Gasteiger partial charge on any atom is 0.267 e. The highest BCUT2D eigenvalue weighted by Crippen LogP contribution is 2.09. The third-order valence-corrected chi connectivity index (χ3v) is 3.78. The Bertz CT molecular complexity index is 785. The summed E-state index contributed by atoms with van der Waals surface area (Å²) in [6.45, 7) is 1.80. The first kappa shape index (κ1) is 16.8. The van der Waals surface area contributed by atoms with Crippen molar-refractivity contribution < 1.29 is 9.53 Å². The predicted octanol–water partition coefficient (Wildman–Crippen LogP) is 3.13. The molecule has 2 heterocycles. The number of hydrogen-bond acceptors (Lipinski definition) is 3. The van der Waals surface area contributed by atoms with Crippen LogP contribution in [-0.4, -0.2) is 28.6 Å². The largest absolute Gasteiger partial charge is 0.494 e. The first-order valence-corrected chi connectivity index (χ1v) is 8.33. The zero-order valence-corrected chi connectivity index (χ0v) is 14.0. The fourth-order valence-corrected chi connectivity index (χ4v) is 2.51. The number of carbonyl (C=O) groups is 1. The molecule has 3 aromatic rings. The monoisotopic (exact) mass is 335 g/mol. The van der Waals surface area contributed by atoms with Crippen molar-refractivity contribution in [3.05, 3.63) is 84.4 Å². The average Bonchev–Trinajstić information content (AvgIpc) is 3.11. The van der Waals surface area contributed by atoms with E-state index >= 15 is 0 Å². The zero-order chi connectivity index (χ0) is 17.3. The van der Waals surface area contributed by atoms with Crippen molar-refractivity contribution in [1.29, 1.82) is 0 Å². The molecule has 0 bridgehead atoms. The van der Waals surface area contributed by atoms with E-state index in [1.165, 1.54) is 0 Å². The van der Waals surface area contributed by atoms with E-state index in [9.17, 15) is 4.79 Å². The Labute approximate surface area is 147 Å². The number of ether oxygens (including phenoxy) is 1. The molecule has 0 radical (unpaired) electrons. The van der Waals surface area contributed by atoms with Crippen LogP contribution in [0.3, 0.4) is 0 Å². The van der Waals surface area contributed by atoms with E-state index in [1.807, 2.05) is 65.4 Å². The average molecular weight is 335 g/mol. The number of para-hydroxylation sites is 1. The van der Waals surface area contributed by atoms with Crippen LogP contribution < -0.4 is 10.1 Å². The van der Waals surface area contributed by atoms with Gasteiger partial charge in [-0.2, -0.15) is 0 Å². The van der Waals surface area contributed by atoms with Crippen molar-refractivity contribution in [1.82, 2.24) is 14.9 Å². The minimum absolute atomic E-state index is 0.0706. The summed E-state index contributed by atoms with van der Waals surface area (Å²) in [5, 5.41) is 2.95. The molecule has 0 aliphatic rings. The number of aromatic nitrogens is 2. The molecule has 0 saturated heterocycles. The molecule has 3 rings (SSSR count). The molecule has 0 aliphatic carbocycles. The smallest absolute Gasteiger partial charge is 0.267 e. The van der Waals surface area contributed by atoms with Gasteiger partial charge in [0.25, 0.3) is 5.91 Å². The van der Waals surface area contributed by atoms with Gasteiger partial charge >= 0.3 is 0 Å². The lowest BCUT2D eigenvalue weighted by atomic mass is 10.2. The van der Waals surface area contributed by atoms with Crippen LogP contribution in [0.4, 0.5) is 0 Å². The topological polar surface area (TPSA) is 56.1 Å². The number of nitrogens with one attached hydrogen (secondary N) is 1. The van der Waals surface area contributed by atoms with Gasteiger partial charge in [-0.15, -0.1) is 0 Å². The van der Waals surface area contributed by atoms with Gasteiger partial charge in [0.1, 0.15) is 11.4 Å². The minimum atomic E-state index is -0.0706. The maximum absolute atomic E-state index is 12.4. The third kappa shape index (κ3) is 4.94. The van der Waals surface area contributed by atoms with Gasteiger partial charge in [0.2, 0.25) is 0 Å². The first-order chi connectivity index (χ1) is 12.3. The summed E-state index contributed by atoms with van der Waals surface area (Å²) in [7, 11) is 0. The molecule has 0 atom stereocenters. The molecule has 5 nitrogen and oxygen atoms in total. The van der Waals surface area contributed by atoms with Crippen molar-refractivity contribution in [2.75, 3.05) is 13.2 Å². The third-order valence-electron chi connectivity index (χ3n) is 3.78. The molecular formula is C20H21N3O2. The lowest BCUT2D eigenvalue weighted by Gasteiger charge is -2.10. The van der Waals surface area contributed by atoms with E-state index in [4.69, 9.17) is 4.74 Å². The van der Waals surface area contributed by atoms with Crippen molar-refractivity contribution in [2.24, 2.45) is 0 Å². The van der Waals surface area contributed by atoms with Crippen LogP contribution in [0, 0.1) is 0 Å².